The molecule has 4 N–H and O–H groups in total. The molecule has 104 valence electrons. The van der Waals surface area contributed by atoms with E-state index in [0.717, 1.165) is 30.5 Å². The van der Waals surface area contributed by atoms with E-state index in [2.05, 4.69) is 15.5 Å². The average Bonchev–Trinajstić information content (AvgIpc) is 3.02. The Labute approximate surface area is 115 Å². The van der Waals surface area contributed by atoms with E-state index in [1.165, 1.54) is 6.07 Å². The van der Waals surface area contributed by atoms with Crippen molar-refractivity contribution >= 4 is 5.91 Å². The van der Waals surface area contributed by atoms with Crippen LogP contribution in [0.4, 0.5) is 0 Å². The van der Waals surface area contributed by atoms with Gasteiger partial charge in [-0.2, -0.15) is 5.10 Å². The van der Waals surface area contributed by atoms with E-state index in [-0.39, 0.29) is 24.0 Å². The molecule has 0 spiro atoms. The second-order valence-corrected chi connectivity index (χ2v) is 4.85. The predicted octanol–water partition coefficient (Wildman–Crippen LogP) is 1.24. The summed E-state index contributed by atoms with van der Waals surface area (Å²) in [5.74, 6) is -0.676. The van der Waals surface area contributed by atoms with E-state index in [9.17, 15) is 15.0 Å². The molecule has 1 aromatic heterocycles. The van der Waals surface area contributed by atoms with Gasteiger partial charge in [0.1, 0.15) is 0 Å². The Balaban J connectivity index is 1.72. The monoisotopic (exact) mass is 273 g/mol. The van der Waals surface area contributed by atoms with Crippen LogP contribution >= 0.6 is 0 Å². The summed E-state index contributed by atoms with van der Waals surface area (Å²) in [4.78, 5) is 12.1. The molecule has 2 aromatic rings. The number of benzene rings is 1. The highest BCUT2D eigenvalue weighted by Gasteiger charge is 2.22. The second-order valence-electron chi connectivity index (χ2n) is 4.85. The Kier molecular flexibility index (Phi) is 3.06. The van der Waals surface area contributed by atoms with Crippen molar-refractivity contribution in [1.82, 2.24) is 15.5 Å². The molecular formula is C14H15N3O3. The van der Waals surface area contributed by atoms with E-state index in [4.69, 9.17) is 0 Å². The average molecular weight is 273 g/mol. The minimum Gasteiger partial charge on any atom is -0.504 e. The van der Waals surface area contributed by atoms with Gasteiger partial charge in [0.15, 0.2) is 17.2 Å². The number of hydrogen-bond acceptors (Lipinski definition) is 4. The van der Waals surface area contributed by atoms with Crippen molar-refractivity contribution in [2.75, 3.05) is 0 Å². The van der Waals surface area contributed by atoms with Crippen LogP contribution in [0.3, 0.4) is 0 Å². The van der Waals surface area contributed by atoms with Crippen LogP contribution in [0.25, 0.3) is 0 Å². The number of aromatic nitrogens is 2. The number of amides is 1. The number of aryl methyl sites for hydroxylation is 1. The lowest BCUT2D eigenvalue weighted by atomic mass is 10.1. The van der Waals surface area contributed by atoms with Crippen molar-refractivity contribution in [2.45, 2.75) is 25.8 Å². The fourth-order valence-corrected chi connectivity index (χ4v) is 2.49. The number of aromatic hydroxyl groups is 2. The van der Waals surface area contributed by atoms with Gasteiger partial charge in [-0.1, -0.05) is 12.1 Å². The smallest absolute Gasteiger partial charge is 0.272 e. The van der Waals surface area contributed by atoms with Gasteiger partial charge in [-0.3, -0.25) is 9.89 Å². The SMILES string of the molecule is O=C(NCc1cccc(O)c1O)c1n[nH]c2c1CCC2. The highest BCUT2D eigenvalue weighted by atomic mass is 16.3. The van der Waals surface area contributed by atoms with E-state index < -0.39 is 0 Å². The molecular weight excluding hydrogens is 258 g/mol. The minimum atomic E-state index is -0.271. The van der Waals surface area contributed by atoms with Gasteiger partial charge in [0.2, 0.25) is 0 Å². The molecule has 0 unspecified atom stereocenters. The first-order chi connectivity index (χ1) is 9.66. The molecule has 20 heavy (non-hydrogen) atoms. The molecule has 3 rings (SSSR count). The zero-order chi connectivity index (χ0) is 14.1. The first kappa shape index (κ1) is 12.5. The van der Waals surface area contributed by atoms with Crippen molar-refractivity contribution < 1.29 is 15.0 Å². The van der Waals surface area contributed by atoms with Crippen LogP contribution in [-0.2, 0) is 19.4 Å². The molecule has 1 amide bonds. The number of phenols is 2. The van der Waals surface area contributed by atoms with Crippen molar-refractivity contribution in [3.63, 3.8) is 0 Å². The van der Waals surface area contributed by atoms with Crippen LogP contribution in [0, 0.1) is 0 Å². The number of phenolic OH excluding ortho intramolecular Hbond substituents is 2. The van der Waals surface area contributed by atoms with Crippen molar-refractivity contribution in [3.05, 3.63) is 40.7 Å². The summed E-state index contributed by atoms with van der Waals surface area (Å²) in [6.07, 6.45) is 2.84. The zero-order valence-corrected chi connectivity index (χ0v) is 10.8. The zero-order valence-electron chi connectivity index (χ0n) is 10.8. The first-order valence-corrected chi connectivity index (χ1v) is 6.51. The number of nitrogens with one attached hydrogen (secondary N) is 2. The Morgan fingerprint density at radius 1 is 1.35 bits per heavy atom. The van der Waals surface area contributed by atoms with Crippen LogP contribution in [0.2, 0.25) is 0 Å². The third-order valence-electron chi connectivity index (χ3n) is 3.56. The number of fused-ring (bicyclic) bond motifs is 1. The molecule has 6 heteroatoms. The lowest BCUT2D eigenvalue weighted by Crippen LogP contribution is -2.24. The Hall–Kier alpha value is -2.50. The Morgan fingerprint density at radius 2 is 2.20 bits per heavy atom. The first-order valence-electron chi connectivity index (χ1n) is 6.51. The number of carbonyl (C=O) groups excluding carboxylic acids is 1. The molecule has 0 fully saturated rings. The van der Waals surface area contributed by atoms with E-state index in [1.54, 1.807) is 12.1 Å². The standard InChI is InChI=1S/C14H15N3O3/c18-11-6-1-3-8(13(11)19)7-15-14(20)12-9-4-2-5-10(9)16-17-12/h1,3,6,18-19H,2,4-5,7H2,(H,15,20)(H,16,17). The van der Waals surface area contributed by atoms with Crippen molar-refractivity contribution in [3.8, 4) is 11.5 Å². The molecule has 1 aliphatic rings. The van der Waals surface area contributed by atoms with E-state index in [0.29, 0.717) is 11.3 Å². The van der Waals surface area contributed by atoms with Crippen LogP contribution in [0.15, 0.2) is 18.2 Å². The van der Waals surface area contributed by atoms with Gasteiger partial charge in [0.25, 0.3) is 5.91 Å². The third-order valence-corrected chi connectivity index (χ3v) is 3.56. The maximum Gasteiger partial charge on any atom is 0.272 e. The molecule has 0 aliphatic heterocycles. The summed E-state index contributed by atoms with van der Waals surface area (Å²) in [6.45, 7) is 0.140. The van der Waals surface area contributed by atoms with Gasteiger partial charge < -0.3 is 15.5 Å². The number of H-pyrrole nitrogens is 1. The third kappa shape index (κ3) is 2.09. The topological polar surface area (TPSA) is 98.2 Å². The fourth-order valence-electron chi connectivity index (χ4n) is 2.49. The number of nitrogens with zero attached hydrogens (tertiary/aromatic N) is 1. The maximum atomic E-state index is 12.1. The quantitative estimate of drug-likeness (QED) is 0.632. The van der Waals surface area contributed by atoms with Crippen LogP contribution in [0.1, 0.15) is 33.7 Å². The molecule has 0 saturated heterocycles. The number of hydrogen-bond donors (Lipinski definition) is 4. The molecule has 1 heterocycles. The largest absolute Gasteiger partial charge is 0.504 e. The lowest BCUT2D eigenvalue weighted by Gasteiger charge is -2.07. The van der Waals surface area contributed by atoms with E-state index >= 15 is 0 Å². The Bertz CT molecular complexity index is 664. The summed E-state index contributed by atoms with van der Waals surface area (Å²) >= 11 is 0. The highest BCUT2D eigenvalue weighted by Crippen LogP contribution is 2.28. The normalized spacial score (nSPS) is 13.2. The van der Waals surface area contributed by atoms with Crippen molar-refractivity contribution in [2.24, 2.45) is 0 Å². The Morgan fingerprint density at radius 3 is 3.05 bits per heavy atom. The minimum absolute atomic E-state index is 0.140. The molecule has 1 aromatic carbocycles. The van der Waals surface area contributed by atoms with Gasteiger partial charge in [-0.25, -0.2) is 0 Å². The van der Waals surface area contributed by atoms with Gasteiger partial charge >= 0.3 is 0 Å². The summed E-state index contributed by atoms with van der Waals surface area (Å²) < 4.78 is 0. The summed E-state index contributed by atoms with van der Waals surface area (Å²) in [6, 6.07) is 4.65. The van der Waals surface area contributed by atoms with Crippen molar-refractivity contribution in [1.29, 1.82) is 0 Å². The number of aromatic amines is 1. The molecule has 0 saturated carbocycles. The summed E-state index contributed by atoms with van der Waals surface area (Å²) in [5.41, 5.74) is 2.92. The fraction of sp³-hybridized carbons (Fsp3) is 0.286. The maximum absolute atomic E-state index is 12.1. The second kappa shape index (κ2) is 4.88. The molecule has 0 bridgehead atoms. The number of para-hydroxylation sites is 1. The van der Waals surface area contributed by atoms with Crippen LogP contribution < -0.4 is 5.32 Å². The molecule has 0 atom stereocenters. The number of carbonyl (C=O) groups is 1. The van der Waals surface area contributed by atoms with Gasteiger partial charge in [-0.05, 0) is 25.3 Å². The lowest BCUT2D eigenvalue weighted by molar-refractivity contribution is 0.0944. The molecule has 6 nitrogen and oxygen atoms in total. The number of rotatable bonds is 3. The highest BCUT2D eigenvalue weighted by molar-refractivity contribution is 5.94. The van der Waals surface area contributed by atoms with Gasteiger partial charge in [0.05, 0.1) is 0 Å². The van der Waals surface area contributed by atoms with Crippen LogP contribution in [0.5, 0.6) is 11.5 Å². The predicted molar refractivity (Wildman–Crippen MR) is 71.6 cm³/mol. The van der Waals surface area contributed by atoms with Gasteiger partial charge in [0, 0.05) is 23.4 Å². The molecule has 0 radical (unpaired) electrons. The molecule has 1 aliphatic carbocycles. The summed E-state index contributed by atoms with van der Waals surface area (Å²) in [7, 11) is 0. The van der Waals surface area contributed by atoms with E-state index in [1.807, 2.05) is 0 Å². The van der Waals surface area contributed by atoms with Crippen LogP contribution in [-0.4, -0.2) is 26.3 Å². The van der Waals surface area contributed by atoms with Gasteiger partial charge in [-0.15, -0.1) is 0 Å². The summed E-state index contributed by atoms with van der Waals surface area (Å²) in [5, 5.41) is 28.7.